The number of thioether (sulfide) groups is 1. The molecule has 2 heterocycles. The van der Waals surface area contributed by atoms with Crippen LogP contribution in [0.25, 0.3) is 10.2 Å². The van der Waals surface area contributed by atoms with Crippen LogP contribution >= 0.6 is 23.1 Å². The van der Waals surface area contributed by atoms with Crippen LogP contribution in [0.4, 0.5) is 4.39 Å². The highest BCUT2D eigenvalue weighted by atomic mass is 32.2. The summed E-state index contributed by atoms with van der Waals surface area (Å²) in [5.74, 6) is 1.39. The Balaban J connectivity index is 1.57. The van der Waals surface area contributed by atoms with E-state index in [2.05, 4.69) is 15.3 Å². The highest BCUT2D eigenvalue weighted by Gasteiger charge is 2.18. The van der Waals surface area contributed by atoms with Crippen LogP contribution in [-0.4, -0.2) is 28.2 Å². The molecule has 0 unspecified atom stereocenters. The smallest absolute Gasteiger partial charge is 0.261 e. The van der Waals surface area contributed by atoms with Gasteiger partial charge in [0.05, 0.1) is 4.88 Å². The third-order valence-corrected chi connectivity index (χ3v) is 6.51. The molecule has 1 aromatic carbocycles. The molecule has 0 bridgehead atoms. The van der Waals surface area contributed by atoms with E-state index in [-0.39, 0.29) is 11.7 Å². The van der Waals surface area contributed by atoms with Crippen LogP contribution in [0.3, 0.4) is 0 Å². The molecular formula is C20H22FN3OS2. The minimum atomic E-state index is -0.226. The van der Waals surface area contributed by atoms with Crippen LogP contribution in [0.5, 0.6) is 0 Å². The predicted molar refractivity (Wildman–Crippen MR) is 110 cm³/mol. The van der Waals surface area contributed by atoms with Crippen molar-refractivity contribution in [1.29, 1.82) is 0 Å². The topological polar surface area (TPSA) is 54.9 Å². The summed E-state index contributed by atoms with van der Waals surface area (Å²) in [5.41, 5.74) is 1.88. The lowest BCUT2D eigenvalue weighted by atomic mass is 10.1. The first-order chi connectivity index (χ1) is 13.0. The van der Waals surface area contributed by atoms with Gasteiger partial charge in [-0.2, -0.15) is 0 Å². The number of aryl methyl sites for hydroxylation is 3. The van der Waals surface area contributed by atoms with Crippen molar-refractivity contribution in [2.45, 2.75) is 38.5 Å². The monoisotopic (exact) mass is 403 g/mol. The second-order valence-corrected chi connectivity index (χ2v) is 8.39. The van der Waals surface area contributed by atoms with E-state index in [1.807, 2.05) is 20.8 Å². The lowest BCUT2D eigenvalue weighted by Crippen LogP contribution is -2.24. The van der Waals surface area contributed by atoms with E-state index in [0.29, 0.717) is 11.4 Å². The van der Waals surface area contributed by atoms with Gasteiger partial charge in [-0.15, -0.1) is 23.1 Å². The molecule has 0 saturated heterocycles. The number of nitrogens with zero attached hydrogens (tertiary/aromatic N) is 2. The van der Waals surface area contributed by atoms with Gasteiger partial charge in [-0.25, -0.2) is 14.4 Å². The number of fused-ring (bicyclic) bond motifs is 1. The van der Waals surface area contributed by atoms with Gasteiger partial charge in [0.1, 0.15) is 16.5 Å². The van der Waals surface area contributed by atoms with Crippen molar-refractivity contribution in [3.05, 3.63) is 52.0 Å². The molecular weight excluding hydrogens is 381 g/mol. The predicted octanol–water partition coefficient (Wildman–Crippen LogP) is 4.92. The number of halogens is 1. The molecule has 7 heteroatoms. The summed E-state index contributed by atoms with van der Waals surface area (Å²) < 4.78 is 12.9. The normalized spacial score (nSPS) is 11.1. The summed E-state index contributed by atoms with van der Waals surface area (Å²) in [4.78, 5) is 24.3. The Labute approximate surface area is 166 Å². The van der Waals surface area contributed by atoms with Gasteiger partial charge in [-0.05, 0) is 55.9 Å². The number of thiophene rings is 1. The Bertz CT molecular complexity index is 954. The maximum absolute atomic E-state index is 12.9. The fourth-order valence-corrected chi connectivity index (χ4v) is 4.86. The molecule has 0 aliphatic carbocycles. The lowest BCUT2D eigenvalue weighted by molar-refractivity contribution is 0.0957. The molecule has 3 rings (SSSR count). The number of nitrogens with one attached hydrogen (secondary N) is 1. The lowest BCUT2D eigenvalue weighted by Gasteiger charge is -2.05. The number of aromatic nitrogens is 2. The Kier molecular flexibility index (Phi) is 6.44. The molecule has 142 valence electrons. The minimum Gasteiger partial charge on any atom is -0.351 e. The van der Waals surface area contributed by atoms with Crippen molar-refractivity contribution < 1.29 is 9.18 Å². The molecule has 1 N–H and O–H groups in total. The van der Waals surface area contributed by atoms with Crippen LogP contribution in [0.2, 0.25) is 0 Å². The van der Waals surface area contributed by atoms with E-state index in [1.54, 1.807) is 23.9 Å². The Morgan fingerprint density at radius 2 is 1.96 bits per heavy atom. The molecule has 0 atom stereocenters. The fourth-order valence-electron chi connectivity index (χ4n) is 2.84. The van der Waals surface area contributed by atoms with Crippen LogP contribution in [0.1, 0.15) is 40.1 Å². The Morgan fingerprint density at radius 1 is 1.22 bits per heavy atom. The van der Waals surface area contributed by atoms with Gasteiger partial charge < -0.3 is 5.32 Å². The van der Waals surface area contributed by atoms with Gasteiger partial charge in [0.25, 0.3) is 5.91 Å². The summed E-state index contributed by atoms with van der Waals surface area (Å²) in [6.07, 6.45) is 1.62. The zero-order valence-corrected chi connectivity index (χ0v) is 17.3. The number of carbonyl (C=O) groups is 1. The first-order valence-corrected chi connectivity index (χ1v) is 10.7. The SMILES string of the molecule is CCc1nc(C)c2c(C)c(C(=O)NCCCSc3ccc(F)cc3)sc2n1. The molecule has 2 aromatic heterocycles. The Hall–Kier alpha value is -1.99. The van der Waals surface area contributed by atoms with Crippen molar-refractivity contribution in [2.24, 2.45) is 0 Å². The van der Waals surface area contributed by atoms with Gasteiger partial charge in [0, 0.05) is 28.9 Å². The largest absolute Gasteiger partial charge is 0.351 e. The zero-order chi connectivity index (χ0) is 19.4. The molecule has 4 nitrogen and oxygen atoms in total. The zero-order valence-electron chi connectivity index (χ0n) is 15.6. The van der Waals surface area contributed by atoms with Crippen LogP contribution in [-0.2, 0) is 6.42 Å². The van der Waals surface area contributed by atoms with Crippen molar-refractivity contribution in [1.82, 2.24) is 15.3 Å². The van der Waals surface area contributed by atoms with Crippen LogP contribution < -0.4 is 5.32 Å². The van der Waals surface area contributed by atoms with E-state index in [1.165, 1.54) is 23.5 Å². The van der Waals surface area contributed by atoms with Crippen LogP contribution in [0.15, 0.2) is 29.2 Å². The summed E-state index contributed by atoms with van der Waals surface area (Å²) in [6, 6.07) is 6.46. The summed E-state index contributed by atoms with van der Waals surface area (Å²) in [7, 11) is 0. The number of carbonyl (C=O) groups excluding carboxylic acids is 1. The van der Waals surface area contributed by atoms with Crippen molar-refractivity contribution in [2.75, 3.05) is 12.3 Å². The number of benzene rings is 1. The summed E-state index contributed by atoms with van der Waals surface area (Å²) >= 11 is 3.09. The summed E-state index contributed by atoms with van der Waals surface area (Å²) in [5, 5.41) is 3.99. The molecule has 0 saturated carbocycles. The third kappa shape index (κ3) is 4.65. The maximum Gasteiger partial charge on any atom is 0.261 e. The standard InChI is InChI=1S/C20H22FN3OS2/c1-4-16-23-13(3)17-12(2)18(27-20(17)24-16)19(25)22-10-5-11-26-15-8-6-14(21)7-9-15/h6-9H,4-5,10-11H2,1-3H3,(H,22,25). The first kappa shape index (κ1) is 19.8. The number of hydrogen-bond acceptors (Lipinski definition) is 5. The van der Waals surface area contributed by atoms with Gasteiger partial charge in [-0.3, -0.25) is 4.79 Å². The van der Waals surface area contributed by atoms with E-state index < -0.39 is 0 Å². The van der Waals surface area contributed by atoms with E-state index in [4.69, 9.17) is 0 Å². The highest BCUT2D eigenvalue weighted by molar-refractivity contribution is 7.99. The van der Waals surface area contributed by atoms with Gasteiger partial charge in [0.2, 0.25) is 0 Å². The average Bonchev–Trinajstić information content (AvgIpc) is 2.99. The highest BCUT2D eigenvalue weighted by Crippen LogP contribution is 2.31. The quantitative estimate of drug-likeness (QED) is 0.449. The van der Waals surface area contributed by atoms with E-state index in [9.17, 15) is 9.18 Å². The molecule has 0 radical (unpaired) electrons. The fraction of sp³-hybridized carbons (Fsp3) is 0.350. The Morgan fingerprint density at radius 3 is 2.67 bits per heavy atom. The van der Waals surface area contributed by atoms with E-state index in [0.717, 1.165) is 50.8 Å². The summed E-state index contributed by atoms with van der Waals surface area (Å²) in [6.45, 7) is 6.56. The average molecular weight is 404 g/mol. The maximum atomic E-state index is 12.9. The molecule has 0 spiro atoms. The molecule has 3 aromatic rings. The number of rotatable bonds is 7. The first-order valence-electron chi connectivity index (χ1n) is 8.92. The number of hydrogen-bond donors (Lipinski definition) is 1. The van der Waals surface area contributed by atoms with Gasteiger partial charge in [0.15, 0.2) is 0 Å². The molecule has 0 aliphatic rings. The van der Waals surface area contributed by atoms with E-state index >= 15 is 0 Å². The van der Waals surface area contributed by atoms with Crippen molar-refractivity contribution >= 4 is 39.2 Å². The van der Waals surface area contributed by atoms with Gasteiger partial charge >= 0.3 is 0 Å². The molecule has 0 aliphatic heterocycles. The molecule has 1 amide bonds. The van der Waals surface area contributed by atoms with Crippen LogP contribution in [0, 0.1) is 19.7 Å². The number of amides is 1. The molecule has 27 heavy (non-hydrogen) atoms. The second kappa shape index (κ2) is 8.80. The third-order valence-electron chi connectivity index (χ3n) is 4.23. The van der Waals surface area contributed by atoms with Crippen molar-refractivity contribution in [3.63, 3.8) is 0 Å². The second-order valence-electron chi connectivity index (χ2n) is 6.23. The minimum absolute atomic E-state index is 0.0558. The van der Waals surface area contributed by atoms with Crippen molar-refractivity contribution in [3.8, 4) is 0 Å². The molecule has 0 fully saturated rings. The van der Waals surface area contributed by atoms with Gasteiger partial charge in [-0.1, -0.05) is 6.92 Å².